The van der Waals surface area contributed by atoms with E-state index in [2.05, 4.69) is 10.4 Å². The van der Waals surface area contributed by atoms with E-state index in [4.69, 9.17) is 16.7 Å². The van der Waals surface area contributed by atoms with Crippen LogP contribution in [0.25, 0.3) is 5.69 Å². The third-order valence-electron chi connectivity index (χ3n) is 4.27. The summed E-state index contributed by atoms with van der Waals surface area (Å²) in [7, 11) is 0. The number of rotatable bonds is 7. The van der Waals surface area contributed by atoms with Gasteiger partial charge < -0.3 is 10.4 Å². The molecule has 1 heterocycles. The molecule has 0 fully saturated rings. The van der Waals surface area contributed by atoms with Gasteiger partial charge in [0.1, 0.15) is 0 Å². The van der Waals surface area contributed by atoms with Crippen LogP contribution in [-0.2, 0) is 4.79 Å². The number of nitrogens with zero attached hydrogens (tertiary/aromatic N) is 2. The van der Waals surface area contributed by atoms with Gasteiger partial charge in [0.2, 0.25) is 0 Å². The Morgan fingerprint density at radius 2 is 2.04 bits per heavy atom. The number of aromatic nitrogens is 2. The van der Waals surface area contributed by atoms with Crippen molar-refractivity contribution in [3.8, 4) is 5.69 Å². The van der Waals surface area contributed by atoms with Crippen molar-refractivity contribution in [2.45, 2.75) is 40.0 Å². The first-order valence-corrected chi connectivity index (χ1v) is 8.86. The highest BCUT2D eigenvalue weighted by atomic mass is 35.5. The molecule has 0 spiro atoms. The molecule has 0 atom stereocenters. The fourth-order valence-electron chi connectivity index (χ4n) is 2.59. The molecule has 1 amide bonds. The highest BCUT2D eigenvalue weighted by Gasteiger charge is 2.27. The van der Waals surface area contributed by atoms with Crippen LogP contribution in [0.1, 0.15) is 56.1 Å². The Bertz CT molecular complexity index is 812. The first-order valence-electron chi connectivity index (χ1n) is 8.49. The van der Waals surface area contributed by atoms with E-state index >= 15 is 0 Å². The van der Waals surface area contributed by atoms with E-state index in [0.717, 1.165) is 11.4 Å². The number of hydrogen-bond acceptors (Lipinski definition) is 3. The fraction of sp³-hybridized carbons (Fsp3) is 0.421. The van der Waals surface area contributed by atoms with E-state index in [1.807, 2.05) is 26.0 Å². The molecule has 0 bridgehead atoms. The van der Waals surface area contributed by atoms with Gasteiger partial charge in [0, 0.05) is 11.6 Å². The molecule has 26 heavy (non-hydrogen) atoms. The van der Waals surface area contributed by atoms with Crippen molar-refractivity contribution in [2.24, 2.45) is 5.41 Å². The van der Waals surface area contributed by atoms with E-state index in [1.54, 1.807) is 30.7 Å². The molecule has 7 heteroatoms. The number of nitrogens with one attached hydrogen (secondary N) is 1. The zero-order chi connectivity index (χ0) is 19.5. The maximum absolute atomic E-state index is 12.6. The Morgan fingerprint density at radius 1 is 1.35 bits per heavy atom. The molecule has 0 aliphatic heterocycles. The summed E-state index contributed by atoms with van der Waals surface area (Å²) in [6.45, 7) is 7.53. The maximum Gasteiger partial charge on any atom is 0.309 e. The van der Waals surface area contributed by atoms with Crippen molar-refractivity contribution >= 4 is 23.5 Å². The summed E-state index contributed by atoms with van der Waals surface area (Å²) in [4.78, 5) is 23.8. The van der Waals surface area contributed by atoms with Gasteiger partial charge >= 0.3 is 5.97 Å². The van der Waals surface area contributed by atoms with Crippen molar-refractivity contribution in [1.82, 2.24) is 15.1 Å². The van der Waals surface area contributed by atoms with Crippen molar-refractivity contribution in [3.05, 3.63) is 46.7 Å². The van der Waals surface area contributed by atoms with Gasteiger partial charge in [0.15, 0.2) is 0 Å². The van der Waals surface area contributed by atoms with Crippen molar-refractivity contribution in [2.75, 3.05) is 6.54 Å². The lowest BCUT2D eigenvalue weighted by Gasteiger charge is -2.19. The largest absolute Gasteiger partial charge is 0.481 e. The maximum atomic E-state index is 12.6. The Hall–Kier alpha value is -2.34. The number of aliphatic carboxylic acids is 1. The molecule has 1 aromatic heterocycles. The smallest absolute Gasteiger partial charge is 0.309 e. The van der Waals surface area contributed by atoms with E-state index in [-0.39, 0.29) is 18.4 Å². The number of carbonyl (C=O) groups excluding carboxylic acids is 1. The molecule has 6 nitrogen and oxygen atoms in total. The van der Waals surface area contributed by atoms with Gasteiger partial charge in [-0.2, -0.15) is 5.10 Å². The van der Waals surface area contributed by atoms with Crippen molar-refractivity contribution in [3.63, 3.8) is 0 Å². The molecular weight excluding hydrogens is 354 g/mol. The van der Waals surface area contributed by atoms with Crippen molar-refractivity contribution < 1.29 is 14.7 Å². The molecule has 0 aliphatic carbocycles. The molecule has 0 saturated carbocycles. The molecule has 0 saturated heterocycles. The lowest BCUT2D eigenvalue weighted by atomic mass is 9.89. The Labute approximate surface area is 158 Å². The topological polar surface area (TPSA) is 84.2 Å². The third kappa shape index (κ3) is 4.43. The van der Waals surface area contributed by atoms with Crippen LogP contribution in [0.15, 0.2) is 30.5 Å². The van der Waals surface area contributed by atoms with Crippen LogP contribution < -0.4 is 5.32 Å². The number of hydrogen-bond donors (Lipinski definition) is 2. The minimum atomic E-state index is -0.890. The molecule has 0 aliphatic rings. The van der Waals surface area contributed by atoms with Crippen LogP contribution in [0.5, 0.6) is 0 Å². The number of halogens is 1. The van der Waals surface area contributed by atoms with Crippen LogP contribution >= 0.6 is 11.6 Å². The first kappa shape index (κ1) is 20.0. The number of carbonyl (C=O) groups is 2. The quantitative estimate of drug-likeness (QED) is 0.766. The number of amides is 1. The van der Waals surface area contributed by atoms with Gasteiger partial charge in [0.05, 0.1) is 28.6 Å². The molecule has 2 aromatic rings. The Balaban J connectivity index is 2.22. The van der Waals surface area contributed by atoms with Gasteiger partial charge in [-0.3, -0.25) is 9.59 Å². The molecule has 140 valence electrons. The minimum absolute atomic E-state index is 0.0627. The fourth-order valence-corrected chi connectivity index (χ4v) is 2.78. The van der Waals surface area contributed by atoms with Crippen LogP contribution in [0, 0.1) is 5.41 Å². The van der Waals surface area contributed by atoms with E-state index in [1.165, 1.54) is 6.20 Å². The average Bonchev–Trinajstić information content (AvgIpc) is 2.99. The highest BCUT2D eigenvalue weighted by molar-refractivity contribution is 6.30. The zero-order valence-electron chi connectivity index (χ0n) is 15.4. The van der Waals surface area contributed by atoms with Gasteiger partial charge in [-0.1, -0.05) is 31.5 Å². The molecule has 1 aromatic carbocycles. The third-order valence-corrected chi connectivity index (χ3v) is 4.50. The summed E-state index contributed by atoms with van der Waals surface area (Å²) in [5, 5.41) is 16.9. The lowest BCUT2D eigenvalue weighted by Crippen LogP contribution is -2.32. The standard InChI is InChI=1S/C19H24ClN3O3/c1-12(2)16-15(17(24)21-9-8-19(3,4)18(25)26)11-22-23(16)14-7-5-6-13(20)10-14/h5-7,10-12H,8-9H2,1-4H3,(H,21,24)(H,25,26). The summed E-state index contributed by atoms with van der Waals surface area (Å²) in [5.41, 5.74) is 1.15. The van der Waals surface area contributed by atoms with Crippen LogP contribution in [0.2, 0.25) is 5.02 Å². The summed E-state index contributed by atoms with van der Waals surface area (Å²) < 4.78 is 1.71. The Kier molecular flexibility index (Phi) is 6.08. The lowest BCUT2D eigenvalue weighted by molar-refractivity contribution is -0.147. The SMILES string of the molecule is CC(C)c1c(C(=O)NCCC(C)(C)C(=O)O)cnn1-c1cccc(Cl)c1. The monoisotopic (exact) mass is 377 g/mol. The van der Waals surface area contributed by atoms with Gasteiger partial charge in [-0.25, -0.2) is 4.68 Å². The van der Waals surface area contributed by atoms with Crippen molar-refractivity contribution in [1.29, 1.82) is 0 Å². The molecular formula is C19H24ClN3O3. The van der Waals surface area contributed by atoms with Gasteiger partial charge in [-0.15, -0.1) is 0 Å². The number of carboxylic acids is 1. The highest BCUT2D eigenvalue weighted by Crippen LogP contribution is 2.25. The van der Waals surface area contributed by atoms with E-state index in [9.17, 15) is 9.59 Å². The van der Waals surface area contributed by atoms with Gasteiger partial charge in [-0.05, 0) is 44.4 Å². The second-order valence-corrected chi connectivity index (χ2v) is 7.62. The molecule has 0 radical (unpaired) electrons. The molecule has 2 rings (SSSR count). The van der Waals surface area contributed by atoms with E-state index in [0.29, 0.717) is 17.0 Å². The van der Waals surface area contributed by atoms with Crippen LogP contribution in [-0.4, -0.2) is 33.3 Å². The second kappa shape index (κ2) is 7.91. The first-order chi connectivity index (χ1) is 12.1. The number of benzene rings is 1. The summed E-state index contributed by atoms with van der Waals surface area (Å²) in [6.07, 6.45) is 1.88. The van der Waals surface area contributed by atoms with E-state index < -0.39 is 11.4 Å². The Morgan fingerprint density at radius 3 is 2.62 bits per heavy atom. The zero-order valence-corrected chi connectivity index (χ0v) is 16.2. The van der Waals surface area contributed by atoms with Crippen LogP contribution in [0.4, 0.5) is 0 Å². The predicted molar refractivity (Wildman–Crippen MR) is 101 cm³/mol. The second-order valence-electron chi connectivity index (χ2n) is 7.18. The molecule has 0 unspecified atom stereocenters. The summed E-state index contributed by atoms with van der Waals surface area (Å²) in [5.74, 6) is -1.08. The minimum Gasteiger partial charge on any atom is -0.481 e. The molecule has 2 N–H and O–H groups in total. The normalized spacial score (nSPS) is 11.6. The summed E-state index contributed by atoms with van der Waals surface area (Å²) >= 11 is 6.06. The van der Waals surface area contributed by atoms with Gasteiger partial charge in [0.25, 0.3) is 5.91 Å². The van der Waals surface area contributed by atoms with Crippen LogP contribution in [0.3, 0.4) is 0 Å². The predicted octanol–water partition coefficient (Wildman–Crippen LogP) is 3.88. The summed E-state index contributed by atoms with van der Waals surface area (Å²) in [6, 6.07) is 7.28. The average molecular weight is 378 g/mol. The number of carboxylic acid groups (broad SMARTS) is 1.